The molecule has 0 bridgehead atoms. The number of halogens is 2. The van der Waals surface area contributed by atoms with Crippen molar-refractivity contribution in [2.45, 2.75) is 13.3 Å². The van der Waals surface area contributed by atoms with Crippen LogP contribution in [-0.2, 0) is 0 Å². The molecule has 1 fully saturated rings. The second-order valence-electron chi connectivity index (χ2n) is 4.65. The molecule has 1 saturated heterocycles. The van der Waals surface area contributed by atoms with Gasteiger partial charge in [0, 0.05) is 31.2 Å². The molecule has 18 heavy (non-hydrogen) atoms. The van der Waals surface area contributed by atoms with Crippen LogP contribution in [0.5, 0.6) is 0 Å². The summed E-state index contributed by atoms with van der Waals surface area (Å²) in [6.07, 6.45) is 1.20. The molecule has 3 nitrogen and oxygen atoms in total. The van der Waals surface area contributed by atoms with Crippen LogP contribution in [0, 0.1) is 0 Å². The van der Waals surface area contributed by atoms with Crippen LogP contribution >= 0.6 is 23.2 Å². The SMILES string of the molecule is CCCN1CCN(c2c(N)cc(Cl)cc2Cl)CC1. The van der Waals surface area contributed by atoms with Crippen LogP contribution in [0.4, 0.5) is 11.4 Å². The third kappa shape index (κ3) is 3.02. The van der Waals surface area contributed by atoms with E-state index in [1.54, 1.807) is 12.1 Å². The molecule has 1 heterocycles. The lowest BCUT2D eigenvalue weighted by atomic mass is 10.2. The minimum Gasteiger partial charge on any atom is -0.397 e. The van der Waals surface area contributed by atoms with Crippen LogP contribution in [0.1, 0.15) is 13.3 Å². The van der Waals surface area contributed by atoms with E-state index in [4.69, 9.17) is 28.9 Å². The molecule has 0 spiro atoms. The quantitative estimate of drug-likeness (QED) is 0.867. The number of nitrogens with two attached hydrogens (primary N) is 1. The Kier molecular flexibility index (Phi) is 4.60. The van der Waals surface area contributed by atoms with Gasteiger partial charge < -0.3 is 10.6 Å². The summed E-state index contributed by atoms with van der Waals surface area (Å²) in [5.74, 6) is 0. The lowest BCUT2D eigenvalue weighted by molar-refractivity contribution is 0.258. The number of piperazine rings is 1. The third-order valence-corrected chi connectivity index (χ3v) is 3.79. The fourth-order valence-corrected chi connectivity index (χ4v) is 3.06. The van der Waals surface area contributed by atoms with E-state index < -0.39 is 0 Å². The number of rotatable bonds is 3. The minimum atomic E-state index is 0.589. The number of hydrogen-bond acceptors (Lipinski definition) is 3. The second kappa shape index (κ2) is 6.00. The average molecular weight is 288 g/mol. The highest BCUT2D eigenvalue weighted by Gasteiger charge is 2.20. The molecular weight excluding hydrogens is 269 g/mol. The number of anilines is 2. The summed E-state index contributed by atoms with van der Waals surface area (Å²) in [4.78, 5) is 4.72. The first kappa shape index (κ1) is 13.8. The van der Waals surface area contributed by atoms with E-state index in [2.05, 4.69) is 16.7 Å². The van der Waals surface area contributed by atoms with E-state index in [0.29, 0.717) is 15.7 Å². The van der Waals surface area contributed by atoms with Crippen molar-refractivity contribution in [3.05, 3.63) is 22.2 Å². The van der Waals surface area contributed by atoms with E-state index in [1.165, 1.54) is 6.42 Å². The van der Waals surface area contributed by atoms with Crippen molar-refractivity contribution in [2.75, 3.05) is 43.4 Å². The first-order valence-electron chi connectivity index (χ1n) is 6.33. The molecule has 1 aliphatic rings. The Hall–Kier alpha value is -0.640. The second-order valence-corrected chi connectivity index (χ2v) is 5.50. The summed E-state index contributed by atoms with van der Waals surface area (Å²) in [6.45, 7) is 7.42. The van der Waals surface area contributed by atoms with Crippen LogP contribution in [0.25, 0.3) is 0 Å². The molecule has 0 aromatic heterocycles. The van der Waals surface area contributed by atoms with Gasteiger partial charge in [0.15, 0.2) is 0 Å². The lowest BCUT2D eigenvalue weighted by Crippen LogP contribution is -2.46. The Morgan fingerprint density at radius 3 is 2.39 bits per heavy atom. The van der Waals surface area contributed by atoms with Crippen molar-refractivity contribution in [2.24, 2.45) is 0 Å². The van der Waals surface area contributed by atoms with Gasteiger partial charge in [-0.1, -0.05) is 30.1 Å². The van der Waals surface area contributed by atoms with Gasteiger partial charge in [-0.3, -0.25) is 4.90 Å². The summed E-state index contributed by atoms with van der Waals surface area (Å²) in [7, 11) is 0. The van der Waals surface area contributed by atoms with Crippen molar-refractivity contribution in [3.63, 3.8) is 0 Å². The maximum Gasteiger partial charge on any atom is 0.0791 e. The molecule has 0 radical (unpaired) electrons. The van der Waals surface area contributed by atoms with Crippen LogP contribution in [-0.4, -0.2) is 37.6 Å². The number of nitrogens with zero attached hydrogens (tertiary/aromatic N) is 2. The van der Waals surface area contributed by atoms with E-state index >= 15 is 0 Å². The molecule has 1 aromatic rings. The molecule has 1 aromatic carbocycles. The fraction of sp³-hybridized carbons (Fsp3) is 0.538. The monoisotopic (exact) mass is 287 g/mol. The highest BCUT2D eigenvalue weighted by atomic mass is 35.5. The smallest absolute Gasteiger partial charge is 0.0791 e. The van der Waals surface area contributed by atoms with E-state index in [1.807, 2.05) is 0 Å². The molecule has 5 heteroatoms. The molecule has 0 atom stereocenters. The summed E-state index contributed by atoms with van der Waals surface area (Å²) in [5.41, 5.74) is 7.61. The standard InChI is InChI=1S/C13H19Cl2N3/c1-2-3-17-4-6-18(7-5-17)13-11(15)8-10(14)9-12(13)16/h8-9H,2-7,16H2,1H3. The number of hydrogen-bond donors (Lipinski definition) is 1. The Balaban J connectivity index is 2.10. The van der Waals surface area contributed by atoms with E-state index in [9.17, 15) is 0 Å². The molecule has 100 valence electrons. The largest absolute Gasteiger partial charge is 0.397 e. The van der Waals surface area contributed by atoms with E-state index in [0.717, 1.165) is 38.4 Å². The van der Waals surface area contributed by atoms with Crippen LogP contribution in [0.3, 0.4) is 0 Å². The van der Waals surface area contributed by atoms with Crippen molar-refractivity contribution >= 4 is 34.6 Å². The third-order valence-electron chi connectivity index (χ3n) is 3.29. The summed E-state index contributed by atoms with van der Waals surface area (Å²) >= 11 is 12.2. The first-order valence-corrected chi connectivity index (χ1v) is 7.09. The van der Waals surface area contributed by atoms with Gasteiger partial charge in [0.1, 0.15) is 0 Å². The maximum absolute atomic E-state index is 6.25. The molecular formula is C13H19Cl2N3. The molecule has 0 amide bonds. The lowest BCUT2D eigenvalue weighted by Gasteiger charge is -2.36. The first-order chi connectivity index (χ1) is 8.61. The predicted octanol–water partition coefficient (Wildman–Crippen LogP) is 3.11. The maximum atomic E-state index is 6.25. The summed E-state index contributed by atoms with van der Waals surface area (Å²) < 4.78 is 0. The van der Waals surface area contributed by atoms with Gasteiger partial charge in [0.2, 0.25) is 0 Å². The van der Waals surface area contributed by atoms with Crippen molar-refractivity contribution in [1.29, 1.82) is 0 Å². The zero-order valence-electron chi connectivity index (χ0n) is 10.6. The fourth-order valence-electron chi connectivity index (χ4n) is 2.43. The number of benzene rings is 1. The van der Waals surface area contributed by atoms with Crippen molar-refractivity contribution < 1.29 is 0 Å². The summed E-state index contributed by atoms with van der Waals surface area (Å²) in [6, 6.07) is 3.52. The van der Waals surface area contributed by atoms with Gasteiger partial charge in [0.25, 0.3) is 0 Å². The summed E-state index contributed by atoms with van der Waals surface area (Å²) in [5, 5.41) is 1.23. The predicted molar refractivity (Wildman–Crippen MR) is 79.8 cm³/mol. The zero-order chi connectivity index (χ0) is 13.1. The van der Waals surface area contributed by atoms with Gasteiger partial charge >= 0.3 is 0 Å². The highest BCUT2D eigenvalue weighted by molar-refractivity contribution is 6.37. The van der Waals surface area contributed by atoms with Crippen LogP contribution in [0.15, 0.2) is 12.1 Å². The molecule has 0 aliphatic carbocycles. The Morgan fingerprint density at radius 2 is 1.83 bits per heavy atom. The van der Waals surface area contributed by atoms with Crippen molar-refractivity contribution in [3.8, 4) is 0 Å². The molecule has 2 rings (SSSR count). The average Bonchev–Trinajstić information content (AvgIpc) is 2.30. The van der Waals surface area contributed by atoms with Gasteiger partial charge in [0.05, 0.1) is 16.4 Å². The number of nitrogen functional groups attached to an aromatic ring is 1. The van der Waals surface area contributed by atoms with Crippen LogP contribution in [0.2, 0.25) is 10.0 Å². The van der Waals surface area contributed by atoms with Gasteiger partial charge in [-0.25, -0.2) is 0 Å². The zero-order valence-corrected chi connectivity index (χ0v) is 12.1. The highest BCUT2D eigenvalue weighted by Crippen LogP contribution is 2.35. The Labute approximate surface area is 118 Å². The Morgan fingerprint density at radius 1 is 1.17 bits per heavy atom. The van der Waals surface area contributed by atoms with Gasteiger partial charge in [-0.15, -0.1) is 0 Å². The molecule has 1 aliphatic heterocycles. The van der Waals surface area contributed by atoms with E-state index in [-0.39, 0.29) is 0 Å². The van der Waals surface area contributed by atoms with Crippen LogP contribution < -0.4 is 10.6 Å². The van der Waals surface area contributed by atoms with Crippen molar-refractivity contribution in [1.82, 2.24) is 4.90 Å². The Bertz CT molecular complexity index is 392. The molecule has 2 N–H and O–H groups in total. The van der Waals surface area contributed by atoms with Gasteiger partial charge in [-0.05, 0) is 25.1 Å². The molecule has 0 unspecified atom stereocenters. The minimum absolute atomic E-state index is 0.589. The molecule has 0 saturated carbocycles. The topological polar surface area (TPSA) is 32.5 Å². The normalized spacial score (nSPS) is 17.2. The van der Waals surface area contributed by atoms with Gasteiger partial charge in [-0.2, -0.15) is 0 Å².